The van der Waals surface area contributed by atoms with Gasteiger partial charge in [-0.05, 0) is 18.2 Å². The second kappa shape index (κ2) is 6.19. The Kier molecular flexibility index (Phi) is 4.11. The van der Waals surface area contributed by atoms with Crippen molar-refractivity contribution in [2.45, 2.75) is 6.10 Å². The Balaban J connectivity index is 2.08. The normalized spacial score (nSPS) is 12.1. The molecule has 0 aliphatic carbocycles. The summed E-state index contributed by atoms with van der Waals surface area (Å²) in [6.07, 6.45) is -1.29. The van der Waals surface area contributed by atoms with Crippen molar-refractivity contribution in [3.8, 4) is 0 Å². The highest BCUT2D eigenvalue weighted by atomic mass is 79.9. The van der Waals surface area contributed by atoms with E-state index in [1.54, 1.807) is 0 Å². The lowest BCUT2D eigenvalue weighted by molar-refractivity contribution is 0.105. The van der Waals surface area contributed by atoms with Crippen molar-refractivity contribution in [3.63, 3.8) is 0 Å². The molecule has 0 spiro atoms. The summed E-state index contributed by atoms with van der Waals surface area (Å²) in [6.45, 7) is 0. The second-order valence-electron chi connectivity index (χ2n) is 4.58. The first-order valence-corrected chi connectivity index (χ1v) is 7.46. The number of oxazole rings is 1. The highest BCUT2D eigenvalue weighted by Crippen LogP contribution is 2.32. The fourth-order valence-corrected chi connectivity index (χ4v) is 2.60. The summed E-state index contributed by atoms with van der Waals surface area (Å²) in [5.74, 6) is 0.330. The molecule has 2 aromatic carbocycles. The van der Waals surface area contributed by atoms with Crippen LogP contribution in [-0.4, -0.2) is 18.1 Å². The van der Waals surface area contributed by atoms with Gasteiger partial charge in [-0.25, -0.2) is 9.78 Å². The van der Waals surface area contributed by atoms with Crippen LogP contribution in [0.25, 0.3) is 11.1 Å². The van der Waals surface area contributed by atoms with Gasteiger partial charge in [0.25, 0.3) is 0 Å². The van der Waals surface area contributed by atoms with Gasteiger partial charge < -0.3 is 14.5 Å². The lowest BCUT2D eigenvalue weighted by atomic mass is 10.1. The van der Waals surface area contributed by atoms with Crippen molar-refractivity contribution in [1.82, 2.24) is 10.3 Å². The molecule has 0 saturated heterocycles. The van der Waals surface area contributed by atoms with Crippen LogP contribution in [-0.2, 0) is 4.74 Å². The van der Waals surface area contributed by atoms with E-state index < -0.39 is 12.2 Å². The highest BCUT2D eigenvalue weighted by Gasteiger charge is 2.26. The van der Waals surface area contributed by atoms with Crippen LogP contribution in [0.15, 0.2) is 57.4 Å². The zero-order valence-corrected chi connectivity index (χ0v) is 13.3. The first kappa shape index (κ1) is 14.6. The molecule has 1 N–H and O–H groups in total. The smallest absolute Gasteiger partial charge is 0.408 e. The Labute approximate surface area is 135 Å². The molecular formula is C16H13BrN2O3. The number of para-hydroxylation sites is 2. The first-order valence-electron chi connectivity index (χ1n) is 6.67. The molecule has 1 aromatic heterocycles. The van der Waals surface area contributed by atoms with E-state index in [1.165, 1.54) is 7.05 Å². The zero-order chi connectivity index (χ0) is 15.5. The van der Waals surface area contributed by atoms with Gasteiger partial charge in [0.05, 0.1) is 0 Å². The van der Waals surface area contributed by atoms with E-state index in [0.29, 0.717) is 11.5 Å². The molecule has 3 rings (SSSR count). The Morgan fingerprint density at radius 2 is 1.95 bits per heavy atom. The van der Waals surface area contributed by atoms with Crippen molar-refractivity contribution in [2.24, 2.45) is 0 Å². The minimum absolute atomic E-state index is 0.330. The summed E-state index contributed by atoms with van der Waals surface area (Å²) in [4.78, 5) is 16.1. The lowest BCUT2D eigenvalue weighted by Crippen LogP contribution is -2.22. The van der Waals surface area contributed by atoms with Gasteiger partial charge in [-0.3, -0.25) is 0 Å². The van der Waals surface area contributed by atoms with Gasteiger partial charge in [0.2, 0.25) is 12.0 Å². The number of alkyl carbamates (subject to hydrolysis) is 1. The minimum Gasteiger partial charge on any atom is -0.436 e. The average molecular weight is 361 g/mol. The number of benzene rings is 2. The maximum atomic E-state index is 11.7. The molecule has 1 heterocycles. The molecule has 0 aliphatic heterocycles. The Bertz CT molecular complexity index is 783. The third-order valence-corrected chi connectivity index (χ3v) is 3.87. The summed E-state index contributed by atoms with van der Waals surface area (Å²) in [5.41, 5.74) is 2.13. The predicted molar refractivity (Wildman–Crippen MR) is 85.5 cm³/mol. The maximum absolute atomic E-state index is 11.7. The van der Waals surface area contributed by atoms with E-state index in [0.717, 1.165) is 15.6 Å². The summed E-state index contributed by atoms with van der Waals surface area (Å²) < 4.78 is 12.0. The van der Waals surface area contributed by atoms with Gasteiger partial charge in [-0.2, -0.15) is 0 Å². The molecular weight excluding hydrogens is 348 g/mol. The fraction of sp³-hybridized carbons (Fsp3) is 0.125. The lowest BCUT2D eigenvalue weighted by Gasteiger charge is -2.16. The number of nitrogens with zero attached hydrogens (tertiary/aromatic N) is 1. The van der Waals surface area contributed by atoms with E-state index >= 15 is 0 Å². The summed E-state index contributed by atoms with van der Waals surface area (Å²) in [5, 5.41) is 2.44. The van der Waals surface area contributed by atoms with E-state index in [4.69, 9.17) is 9.15 Å². The van der Waals surface area contributed by atoms with Crippen LogP contribution < -0.4 is 5.32 Å². The van der Waals surface area contributed by atoms with Crippen molar-refractivity contribution >= 4 is 33.1 Å². The quantitative estimate of drug-likeness (QED) is 0.765. The maximum Gasteiger partial charge on any atom is 0.408 e. The van der Waals surface area contributed by atoms with Gasteiger partial charge in [-0.15, -0.1) is 0 Å². The molecule has 0 radical (unpaired) electrons. The monoisotopic (exact) mass is 360 g/mol. The molecule has 22 heavy (non-hydrogen) atoms. The van der Waals surface area contributed by atoms with Crippen LogP contribution in [0.4, 0.5) is 4.79 Å². The number of hydrogen-bond donors (Lipinski definition) is 1. The molecule has 5 nitrogen and oxygen atoms in total. The molecule has 112 valence electrons. The third-order valence-electron chi connectivity index (χ3n) is 3.15. The molecule has 1 atom stereocenters. The number of carbonyl (C=O) groups excluding carboxylic acids is 1. The number of ether oxygens (including phenoxy) is 1. The first-order chi connectivity index (χ1) is 10.7. The van der Waals surface area contributed by atoms with Crippen molar-refractivity contribution < 1.29 is 13.9 Å². The van der Waals surface area contributed by atoms with Gasteiger partial charge in [-0.1, -0.05) is 46.3 Å². The van der Waals surface area contributed by atoms with Crippen molar-refractivity contribution in [1.29, 1.82) is 0 Å². The number of carbonyl (C=O) groups is 1. The number of aromatic nitrogens is 1. The van der Waals surface area contributed by atoms with Crippen LogP contribution in [0.5, 0.6) is 0 Å². The van der Waals surface area contributed by atoms with Crippen molar-refractivity contribution in [2.75, 3.05) is 7.05 Å². The number of amides is 1. The summed E-state index contributed by atoms with van der Waals surface area (Å²) in [6, 6.07) is 14.9. The Hall–Kier alpha value is -2.34. The average Bonchev–Trinajstić information content (AvgIpc) is 2.97. The molecule has 0 saturated carbocycles. The van der Waals surface area contributed by atoms with Crippen LogP contribution in [0.3, 0.4) is 0 Å². The standard InChI is InChI=1S/C16H13BrN2O3/c1-18-16(20)22-14(10-6-2-3-7-11(10)17)15-19-12-8-4-5-9-13(12)21-15/h2-9,14H,1H3,(H,18,20). The van der Waals surface area contributed by atoms with Gasteiger partial charge in [0, 0.05) is 17.1 Å². The topological polar surface area (TPSA) is 64.4 Å². The Morgan fingerprint density at radius 3 is 2.68 bits per heavy atom. The molecule has 1 unspecified atom stereocenters. The molecule has 3 aromatic rings. The number of hydrogen-bond acceptors (Lipinski definition) is 4. The zero-order valence-electron chi connectivity index (χ0n) is 11.7. The van der Waals surface area contributed by atoms with Crippen LogP contribution in [0.2, 0.25) is 0 Å². The predicted octanol–water partition coefficient (Wildman–Crippen LogP) is 4.04. The van der Waals surface area contributed by atoms with Gasteiger partial charge >= 0.3 is 6.09 Å². The summed E-state index contributed by atoms with van der Waals surface area (Å²) >= 11 is 3.47. The van der Waals surface area contributed by atoms with Gasteiger partial charge in [0.1, 0.15) is 5.52 Å². The fourth-order valence-electron chi connectivity index (χ4n) is 2.10. The number of fused-ring (bicyclic) bond motifs is 1. The summed E-state index contributed by atoms with van der Waals surface area (Å²) in [7, 11) is 1.51. The van der Waals surface area contributed by atoms with Crippen LogP contribution >= 0.6 is 15.9 Å². The third kappa shape index (κ3) is 2.82. The van der Waals surface area contributed by atoms with Crippen LogP contribution in [0, 0.1) is 0 Å². The van der Waals surface area contributed by atoms with Crippen LogP contribution in [0.1, 0.15) is 17.6 Å². The van der Waals surface area contributed by atoms with Crippen molar-refractivity contribution in [3.05, 3.63) is 64.5 Å². The second-order valence-corrected chi connectivity index (χ2v) is 5.43. The molecule has 0 bridgehead atoms. The Morgan fingerprint density at radius 1 is 1.23 bits per heavy atom. The SMILES string of the molecule is CNC(=O)OC(c1nc2ccccc2o1)c1ccccc1Br. The van der Waals surface area contributed by atoms with E-state index in [2.05, 4.69) is 26.2 Å². The highest BCUT2D eigenvalue weighted by molar-refractivity contribution is 9.10. The molecule has 6 heteroatoms. The number of rotatable bonds is 3. The number of nitrogens with one attached hydrogen (secondary N) is 1. The minimum atomic E-state index is -0.733. The van der Waals surface area contributed by atoms with E-state index in [9.17, 15) is 4.79 Å². The number of halogens is 1. The molecule has 0 aliphatic rings. The molecule has 1 amide bonds. The van der Waals surface area contributed by atoms with E-state index in [-0.39, 0.29) is 0 Å². The van der Waals surface area contributed by atoms with E-state index in [1.807, 2.05) is 48.5 Å². The largest absolute Gasteiger partial charge is 0.436 e. The van der Waals surface area contributed by atoms with Gasteiger partial charge in [0.15, 0.2) is 5.58 Å². The molecule has 0 fully saturated rings.